The van der Waals surface area contributed by atoms with Crippen molar-refractivity contribution in [3.63, 3.8) is 0 Å². The first-order valence-electron chi connectivity index (χ1n) is 5.71. The molecule has 0 fully saturated rings. The van der Waals surface area contributed by atoms with E-state index in [9.17, 15) is 5.26 Å². The molecule has 1 aromatic carbocycles. The summed E-state index contributed by atoms with van der Waals surface area (Å²) in [7, 11) is 0. The zero-order chi connectivity index (χ0) is 13.2. The van der Waals surface area contributed by atoms with Crippen LogP contribution in [0, 0.1) is 11.3 Å². The molecule has 3 rings (SSSR count). The van der Waals surface area contributed by atoms with E-state index in [1.807, 2.05) is 35.7 Å². The lowest BCUT2D eigenvalue weighted by atomic mass is 10.0. The number of nitrogens with two attached hydrogens (primary N) is 1. The van der Waals surface area contributed by atoms with Gasteiger partial charge in [0.05, 0.1) is 5.69 Å². The molecule has 2 heterocycles. The number of hydrogen-bond donors (Lipinski definition) is 1. The average molecular weight is 282 g/mol. The predicted octanol–water partition coefficient (Wildman–Crippen LogP) is 4.60. The molecule has 2 nitrogen and oxygen atoms in total. The third kappa shape index (κ3) is 2.03. The minimum absolute atomic E-state index is 0.583. The largest absolute Gasteiger partial charge is 0.396 e. The molecule has 0 radical (unpaired) electrons. The van der Waals surface area contributed by atoms with Gasteiger partial charge in [-0.25, -0.2) is 0 Å². The van der Waals surface area contributed by atoms with Crippen LogP contribution in [0.15, 0.2) is 47.2 Å². The molecule has 0 aliphatic heterocycles. The minimum atomic E-state index is 0.583. The standard InChI is InChI=1S/C15H10N2S2/c16-8-12-14(17)13(10-4-2-1-3-5-10)15(19-12)11-6-7-18-9-11/h1-7,9H,17H2. The van der Waals surface area contributed by atoms with Crippen LogP contribution in [0.3, 0.4) is 0 Å². The second kappa shape index (κ2) is 4.88. The molecule has 19 heavy (non-hydrogen) atoms. The normalized spacial score (nSPS) is 10.3. The summed E-state index contributed by atoms with van der Waals surface area (Å²) in [5.41, 5.74) is 9.88. The van der Waals surface area contributed by atoms with Crippen LogP contribution < -0.4 is 5.73 Å². The molecular weight excluding hydrogens is 272 g/mol. The van der Waals surface area contributed by atoms with E-state index in [2.05, 4.69) is 17.5 Å². The molecule has 0 unspecified atom stereocenters. The van der Waals surface area contributed by atoms with Gasteiger partial charge in [0.15, 0.2) is 0 Å². The summed E-state index contributed by atoms with van der Waals surface area (Å²) in [5, 5.41) is 13.3. The van der Waals surface area contributed by atoms with Gasteiger partial charge in [0.1, 0.15) is 10.9 Å². The molecule has 0 aliphatic carbocycles. The molecule has 0 saturated heterocycles. The first-order valence-corrected chi connectivity index (χ1v) is 7.47. The number of nitrogen functional groups attached to an aromatic ring is 1. The first-order chi connectivity index (χ1) is 9.31. The van der Waals surface area contributed by atoms with Gasteiger partial charge in [-0.15, -0.1) is 11.3 Å². The minimum Gasteiger partial charge on any atom is -0.396 e. The Labute approximate surface area is 119 Å². The van der Waals surface area contributed by atoms with Gasteiger partial charge in [0.25, 0.3) is 0 Å². The van der Waals surface area contributed by atoms with Crippen molar-refractivity contribution in [1.82, 2.24) is 0 Å². The molecule has 2 N–H and O–H groups in total. The Bertz CT molecular complexity index is 735. The number of nitrogens with zero attached hydrogens (tertiary/aromatic N) is 1. The van der Waals surface area contributed by atoms with E-state index >= 15 is 0 Å². The number of thiophene rings is 2. The highest BCUT2D eigenvalue weighted by molar-refractivity contribution is 7.17. The second-order valence-electron chi connectivity index (χ2n) is 4.04. The van der Waals surface area contributed by atoms with E-state index in [4.69, 9.17) is 5.73 Å². The van der Waals surface area contributed by atoms with Gasteiger partial charge in [-0.2, -0.15) is 16.6 Å². The van der Waals surface area contributed by atoms with Crippen LogP contribution in [-0.2, 0) is 0 Å². The lowest BCUT2D eigenvalue weighted by Gasteiger charge is -2.04. The Morgan fingerprint density at radius 3 is 2.47 bits per heavy atom. The Hall–Kier alpha value is -2.09. The fourth-order valence-electron chi connectivity index (χ4n) is 2.02. The van der Waals surface area contributed by atoms with Crippen LogP contribution in [0.5, 0.6) is 0 Å². The second-order valence-corrected chi connectivity index (χ2v) is 5.84. The molecular formula is C15H10N2S2. The summed E-state index contributed by atoms with van der Waals surface area (Å²) in [6.07, 6.45) is 0. The van der Waals surface area contributed by atoms with Crippen LogP contribution in [0.1, 0.15) is 4.88 Å². The topological polar surface area (TPSA) is 49.8 Å². The molecule has 92 valence electrons. The lowest BCUT2D eigenvalue weighted by Crippen LogP contribution is -1.88. The van der Waals surface area contributed by atoms with Crippen molar-refractivity contribution in [1.29, 1.82) is 5.26 Å². The molecule has 0 atom stereocenters. The van der Waals surface area contributed by atoms with Crippen molar-refractivity contribution in [3.05, 3.63) is 52.0 Å². The number of hydrogen-bond acceptors (Lipinski definition) is 4. The molecule has 0 spiro atoms. The van der Waals surface area contributed by atoms with Crippen molar-refractivity contribution in [2.75, 3.05) is 5.73 Å². The van der Waals surface area contributed by atoms with E-state index in [0.29, 0.717) is 10.6 Å². The monoisotopic (exact) mass is 282 g/mol. The summed E-state index contributed by atoms with van der Waals surface area (Å²) in [4.78, 5) is 1.65. The first kappa shape index (κ1) is 12.0. The zero-order valence-electron chi connectivity index (χ0n) is 9.96. The SMILES string of the molecule is N#Cc1sc(-c2ccsc2)c(-c2ccccc2)c1N. The summed E-state index contributed by atoms with van der Waals surface area (Å²) in [6, 6.07) is 14.2. The summed E-state index contributed by atoms with van der Waals surface area (Å²) >= 11 is 3.10. The Morgan fingerprint density at radius 2 is 1.84 bits per heavy atom. The summed E-state index contributed by atoms with van der Waals surface area (Å²) in [5.74, 6) is 0. The molecule has 0 aliphatic rings. The maximum atomic E-state index is 9.18. The van der Waals surface area contributed by atoms with Crippen molar-refractivity contribution >= 4 is 28.4 Å². The van der Waals surface area contributed by atoms with Crippen LogP contribution >= 0.6 is 22.7 Å². The van der Waals surface area contributed by atoms with Gasteiger partial charge in [-0.05, 0) is 22.4 Å². The van der Waals surface area contributed by atoms with Gasteiger partial charge in [0, 0.05) is 16.0 Å². The quantitative estimate of drug-likeness (QED) is 0.747. The molecule has 0 amide bonds. The highest BCUT2D eigenvalue weighted by atomic mass is 32.1. The van der Waals surface area contributed by atoms with E-state index in [1.165, 1.54) is 11.3 Å². The highest BCUT2D eigenvalue weighted by Crippen LogP contribution is 2.45. The van der Waals surface area contributed by atoms with Crippen molar-refractivity contribution in [2.45, 2.75) is 0 Å². The van der Waals surface area contributed by atoms with Crippen LogP contribution in [-0.4, -0.2) is 0 Å². The maximum absolute atomic E-state index is 9.18. The Kier molecular flexibility index (Phi) is 3.08. The van der Waals surface area contributed by atoms with E-state index in [1.54, 1.807) is 11.3 Å². The van der Waals surface area contributed by atoms with Crippen molar-refractivity contribution < 1.29 is 0 Å². The van der Waals surface area contributed by atoms with Crippen molar-refractivity contribution in [2.24, 2.45) is 0 Å². The summed E-state index contributed by atoms with van der Waals surface area (Å²) in [6.45, 7) is 0. The number of benzene rings is 1. The fourth-order valence-corrected chi connectivity index (χ4v) is 3.77. The van der Waals surface area contributed by atoms with Gasteiger partial charge in [-0.1, -0.05) is 30.3 Å². The maximum Gasteiger partial charge on any atom is 0.129 e. The lowest BCUT2D eigenvalue weighted by molar-refractivity contribution is 1.52. The van der Waals surface area contributed by atoms with Crippen LogP contribution in [0.4, 0.5) is 5.69 Å². The molecule has 0 bridgehead atoms. The third-order valence-electron chi connectivity index (χ3n) is 2.89. The number of anilines is 1. The zero-order valence-corrected chi connectivity index (χ0v) is 11.6. The van der Waals surface area contributed by atoms with Crippen LogP contribution in [0.2, 0.25) is 0 Å². The Morgan fingerprint density at radius 1 is 1.05 bits per heavy atom. The third-order valence-corrected chi connectivity index (χ3v) is 4.74. The van der Waals surface area contributed by atoms with E-state index in [-0.39, 0.29) is 0 Å². The average Bonchev–Trinajstić information content (AvgIpc) is 3.07. The van der Waals surface area contributed by atoms with Gasteiger partial charge in [0.2, 0.25) is 0 Å². The van der Waals surface area contributed by atoms with E-state index in [0.717, 1.165) is 21.6 Å². The highest BCUT2D eigenvalue weighted by Gasteiger charge is 2.18. The molecule has 0 saturated carbocycles. The molecule has 2 aromatic heterocycles. The smallest absolute Gasteiger partial charge is 0.129 e. The van der Waals surface area contributed by atoms with Crippen molar-refractivity contribution in [3.8, 4) is 27.6 Å². The van der Waals surface area contributed by atoms with Gasteiger partial charge >= 0.3 is 0 Å². The molecule has 4 heteroatoms. The molecule has 3 aromatic rings. The Balaban J connectivity index is 2.29. The fraction of sp³-hybridized carbons (Fsp3) is 0. The number of rotatable bonds is 2. The van der Waals surface area contributed by atoms with Gasteiger partial charge < -0.3 is 5.73 Å². The van der Waals surface area contributed by atoms with Crippen LogP contribution in [0.25, 0.3) is 21.6 Å². The number of nitriles is 1. The summed E-state index contributed by atoms with van der Waals surface area (Å²) < 4.78 is 0. The van der Waals surface area contributed by atoms with Gasteiger partial charge in [-0.3, -0.25) is 0 Å². The predicted molar refractivity (Wildman–Crippen MR) is 82.2 cm³/mol. The van der Waals surface area contributed by atoms with E-state index < -0.39 is 0 Å².